The van der Waals surface area contributed by atoms with E-state index in [0.29, 0.717) is 28.7 Å². The Hall–Kier alpha value is -6.02. The van der Waals surface area contributed by atoms with Crippen LogP contribution in [0.5, 0.6) is 0 Å². The van der Waals surface area contributed by atoms with Gasteiger partial charge in [-0.15, -0.1) is 11.3 Å². The number of carbonyl (C=O) groups excluding carboxylic acids is 2. The summed E-state index contributed by atoms with van der Waals surface area (Å²) in [7, 11) is 1.76. The monoisotopic (exact) mass is 1070 g/mol. The number of thiazole rings is 1. The number of aromatic nitrogens is 4. The van der Waals surface area contributed by atoms with E-state index in [1.54, 1.807) is 11.9 Å². The summed E-state index contributed by atoms with van der Waals surface area (Å²) in [6.07, 6.45) is -3.61. The Morgan fingerprint density at radius 3 is 2.00 bits per heavy atom. The molecule has 3 aromatic heterocycles. The van der Waals surface area contributed by atoms with Crippen LogP contribution >= 0.6 is 22.9 Å². The molecule has 2 aliphatic heterocycles. The van der Waals surface area contributed by atoms with E-state index in [9.17, 15) is 57.9 Å². The topological polar surface area (TPSA) is 230 Å². The molecule has 4 atom stereocenters. The number of amides is 1. The average Bonchev–Trinajstić information content (AvgIpc) is 3.67. The molecule has 27 heteroatoms. The molecular weight excluding hydrogens is 1020 g/mol. The molecule has 2 saturated heterocycles. The quantitative estimate of drug-likeness (QED) is 0.0421. The van der Waals surface area contributed by atoms with Crippen molar-refractivity contribution in [1.82, 2.24) is 35.1 Å². The third kappa shape index (κ3) is 18.2. The first kappa shape index (κ1) is 62.1. The number of nitrogen functional groups attached to an aromatic ring is 2. The number of likely N-dealkylation sites (tertiary alicyclic amines) is 2. The summed E-state index contributed by atoms with van der Waals surface area (Å²) in [5, 5.41) is 15.8. The van der Waals surface area contributed by atoms with Crippen molar-refractivity contribution < 1.29 is 57.9 Å². The molecule has 5 heterocycles. The highest BCUT2D eigenvalue weighted by Crippen LogP contribution is 2.43. The second kappa shape index (κ2) is 26.1. The molecule has 14 nitrogen and oxygen atoms in total. The summed E-state index contributed by atoms with van der Waals surface area (Å²) in [6.45, 7) is 7.93. The van der Waals surface area contributed by atoms with Crippen LogP contribution in [0.15, 0.2) is 60.8 Å². The van der Waals surface area contributed by atoms with E-state index < -0.39 is 72.0 Å². The molecule has 398 valence electrons. The van der Waals surface area contributed by atoms with Crippen LogP contribution in [-0.2, 0) is 6.18 Å². The maximum Gasteiger partial charge on any atom is 0.434 e. The van der Waals surface area contributed by atoms with Crippen molar-refractivity contribution >= 4 is 59.1 Å². The number of hydrogen-bond donors (Lipinski definition) is 6. The van der Waals surface area contributed by atoms with E-state index in [1.807, 2.05) is 20.8 Å². The van der Waals surface area contributed by atoms with E-state index in [-0.39, 0.29) is 59.3 Å². The molecule has 2 unspecified atom stereocenters. The van der Waals surface area contributed by atoms with E-state index in [1.165, 1.54) is 48.6 Å². The van der Waals surface area contributed by atoms with Gasteiger partial charge in [0.05, 0.1) is 58.9 Å². The van der Waals surface area contributed by atoms with Gasteiger partial charge in [0, 0.05) is 60.5 Å². The maximum atomic E-state index is 14.3. The van der Waals surface area contributed by atoms with Crippen LogP contribution in [0.25, 0.3) is 10.6 Å². The van der Waals surface area contributed by atoms with E-state index >= 15 is 0 Å². The second-order valence-electron chi connectivity index (χ2n) is 17.1. The van der Waals surface area contributed by atoms with E-state index in [0.717, 1.165) is 54.8 Å². The van der Waals surface area contributed by atoms with E-state index in [2.05, 4.69) is 25.3 Å². The van der Waals surface area contributed by atoms with Crippen molar-refractivity contribution in [2.24, 2.45) is 23.0 Å². The smallest absolute Gasteiger partial charge is 0.403 e. The van der Waals surface area contributed by atoms with Gasteiger partial charge in [0.15, 0.2) is 12.0 Å². The lowest BCUT2D eigenvalue weighted by Crippen LogP contribution is -2.58. The standard InChI is InChI=1S/C20H26ClF5N4O.C10H7FN2OS.C8H15F2N.C5H4F3N3.C2H4N2/c1-11-7-19(22,23)10-30(17(31)13-6-12(21)4-5-14(13)28)15(11)9-29-16(8-27)18(2,3)20(24,25)26;1-6-13-9(5-14)10(15-6)8-3-2-7(11)4-12-8;1-6-4-8(9,10)5-11(3)7(6)2;6-5(7,8)3-1-11-4(9)2-10-3;3-1-2-4/h4-6,8,11,15,29H,7,9-10,27-28H2,1-3H3;2-5H,1H3;6-7H,4-5H2,1-3H3;1-2H,(H2,9,11);1-4H/b16-8+;;;;/t11-,15-;;;;/m1..../s1. The number of alkyl halides is 10. The molecule has 4 aromatic rings. The van der Waals surface area contributed by atoms with Gasteiger partial charge in [-0.25, -0.2) is 36.9 Å². The molecule has 0 bridgehead atoms. The Balaban J connectivity index is 0.000000357. The zero-order valence-electron chi connectivity index (χ0n) is 39.9. The summed E-state index contributed by atoms with van der Waals surface area (Å²) in [6, 6.07) is 6.42. The number of anilines is 2. The minimum atomic E-state index is -4.60. The molecule has 0 aliphatic carbocycles. The number of piperidine rings is 2. The highest BCUT2D eigenvalue weighted by Gasteiger charge is 2.51. The van der Waals surface area contributed by atoms with E-state index in [4.69, 9.17) is 39.6 Å². The number of rotatable bonds is 8. The molecule has 0 saturated carbocycles. The summed E-state index contributed by atoms with van der Waals surface area (Å²) in [5.74, 6) is -7.44. The minimum Gasteiger partial charge on any atom is -0.403 e. The van der Waals surface area contributed by atoms with Crippen molar-refractivity contribution in [3.63, 3.8) is 0 Å². The first-order chi connectivity index (χ1) is 33.1. The minimum absolute atomic E-state index is 0.0296. The summed E-state index contributed by atoms with van der Waals surface area (Å²) in [5.41, 5.74) is 13.6. The highest BCUT2D eigenvalue weighted by molar-refractivity contribution is 7.15. The fourth-order valence-corrected chi connectivity index (χ4v) is 7.99. The van der Waals surface area contributed by atoms with Crippen molar-refractivity contribution in [2.75, 3.05) is 38.1 Å². The Morgan fingerprint density at radius 1 is 0.917 bits per heavy atom. The molecule has 1 aromatic carbocycles. The van der Waals surface area contributed by atoms with Crippen LogP contribution in [0.3, 0.4) is 0 Å². The van der Waals surface area contributed by atoms with Gasteiger partial charge >= 0.3 is 12.4 Å². The van der Waals surface area contributed by atoms with Crippen LogP contribution in [-0.4, -0.2) is 111 Å². The number of aryl methyl sites for hydroxylation is 1. The lowest BCUT2D eigenvalue weighted by molar-refractivity contribution is -0.199. The third-order valence-corrected chi connectivity index (χ3v) is 12.4. The molecule has 1 amide bonds. The van der Waals surface area contributed by atoms with Crippen molar-refractivity contribution in [2.45, 2.75) is 90.7 Å². The Morgan fingerprint density at radius 2 is 1.51 bits per heavy atom. The fourth-order valence-electron chi connectivity index (χ4n) is 6.95. The van der Waals surface area contributed by atoms with Crippen LogP contribution < -0.4 is 22.5 Å². The number of carbonyl (C=O) groups is 2. The van der Waals surface area contributed by atoms with Gasteiger partial charge in [-0.2, -0.15) is 26.3 Å². The number of pyridine rings is 1. The number of halogens is 12. The lowest BCUT2D eigenvalue weighted by atomic mass is 9.86. The van der Waals surface area contributed by atoms with Crippen molar-refractivity contribution in [3.8, 4) is 10.6 Å². The second-order valence-corrected chi connectivity index (χ2v) is 18.8. The number of nitrogens with one attached hydrogen (secondary N) is 3. The predicted molar refractivity (Wildman–Crippen MR) is 255 cm³/mol. The first-order valence-electron chi connectivity index (χ1n) is 21.4. The van der Waals surface area contributed by atoms with Gasteiger partial charge < -0.3 is 38.2 Å². The van der Waals surface area contributed by atoms with Gasteiger partial charge in [-0.05, 0) is 76.9 Å². The van der Waals surface area contributed by atoms with Gasteiger partial charge in [0.25, 0.3) is 17.8 Å². The summed E-state index contributed by atoms with van der Waals surface area (Å²) >= 11 is 7.29. The number of aldehydes is 1. The Kier molecular flexibility index (Phi) is 22.5. The Bertz CT molecular complexity index is 2420. The van der Waals surface area contributed by atoms with Crippen LogP contribution in [0.4, 0.5) is 59.8 Å². The number of benzene rings is 1. The fraction of sp³-hybridized carbons (Fsp3) is 0.467. The molecule has 72 heavy (non-hydrogen) atoms. The molecule has 0 radical (unpaired) electrons. The zero-order chi connectivity index (χ0) is 55.2. The lowest BCUT2D eigenvalue weighted by Gasteiger charge is -2.44. The molecule has 9 N–H and O–H groups in total. The molecular formula is C45H56ClF11N12O2S. The summed E-state index contributed by atoms with van der Waals surface area (Å²) < 4.78 is 142. The van der Waals surface area contributed by atoms with Crippen LogP contribution in [0.2, 0.25) is 5.02 Å². The average molecular weight is 1070 g/mol. The van der Waals surface area contributed by atoms with Crippen molar-refractivity contribution in [1.29, 1.82) is 10.8 Å². The first-order valence-corrected chi connectivity index (χ1v) is 22.6. The molecule has 2 aliphatic rings. The molecule has 0 spiro atoms. The van der Waals surface area contributed by atoms with Crippen LogP contribution in [0, 0.1) is 40.8 Å². The maximum absolute atomic E-state index is 14.3. The highest BCUT2D eigenvalue weighted by atomic mass is 35.5. The SMILES string of the molecule is CC1CC(F)(F)CN(C)C1C.C[C@@H]1CC(F)(F)CN(C(=O)c2cc(Cl)ccc2N)[C@@H]1CN/C(=C/N)C(C)(C)C(F)(F)F.Cc1nc(C=O)c(-c2ccc(F)cn2)s1.N=CC=N.Nc1cnc(C(F)(F)F)cn1. The normalized spacial score (nSPS) is 19.8. The summed E-state index contributed by atoms with van der Waals surface area (Å²) in [4.78, 5) is 41.4. The van der Waals surface area contributed by atoms with Crippen molar-refractivity contribution in [3.05, 3.63) is 93.6 Å². The number of hydrogen-bond acceptors (Lipinski definition) is 14. The van der Waals surface area contributed by atoms with Crippen LogP contribution in [0.1, 0.15) is 79.0 Å². The molecule has 6 rings (SSSR count). The number of allylic oxidation sites excluding steroid dienone is 1. The number of nitrogens with two attached hydrogens (primary N) is 3. The molecule has 2 fully saturated rings. The zero-order valence-corrected chi connectivity index (χ0v) is 41.5. The third-order valence-electron chi connectivity index (χ3n) is 11.1. The van der Waals surface area contributed by atoms with Gasteiger partial charge in [0.1, 0.15) is 22.7 Å². The van der Waals surface area contributed by atoms with Gasteiger partial charge in [0.2, 0.25) is 0 Å². The largest absolute Gasteiger partial charge is 0.434 e. The number of nitrogens with zero attached hydrogens (tertiary/aromatic N) is 6. The Labute approximate surface area is 417 Å². The van der Waals surface area contributed by atoms with Gasteiger partial charge in [-0.3, -0.25) is 19.5 Å². The van der Waals surface area contributed by atoms with Gasteiger partial charge in [-0.1, -0.05) is 25.4 Å². The predicted octanol–water partition coefficient (Wildman–Crippen LogP) is 10.2.